The zero-order valence-electron chi connectivity index (χ0n) is 11.0. The first kappa shape index (κ1) is 13.0. The van der Waals surface area contributed by atoms with Crippen molar-refractivity contribution in [3.63, 3.8) is 0 Å². The van der Waals surface area contributed by atoms with Crippen molar-refractivity contribution in [1.82, 2.24) is 4.90 Å². The van der Waals surface area contributed by atoms with Gasteiger partial charge in [-0.15, -0.1) is 0 Å². The molecule has 100 valence electrons. The highest BCUT2D eigenvalue weighted by molar-refractivity contribution is 5.55. The summed E-state index contributed by atoms with van der Waals surface area (Å²) in [6.07, 6.45) is 2.63. The minimum atomic E-state index is 0.613. The van der Waals surface area contributed by atoms with Crippen LogP contribution in [0.4, 0.5) is 5.69 Å². The summed E-state index contributed by atoms with van der Waals surface area (Å²) in [6, 6.07) is 5.58. The summed E-state index contributed by atoms with van der Waals surface area (Å²) in [5, 5.41) is 0. The fraction of sp³-hybridized carbons (Fsp3) is 0.571. The largest absolute Gasteiger partial charge is 0.492 e. The summed E-state index contributed by atoms with van der Waals surface area (Å²) in [4.78, 5) is 2.43. The average molecular weight is 250 g/mol. The van der Waals surface area contributed by atoms with Gasteiger partial charge in [0.25, 0.3) is 0 Å². The van der Waals surface area contributed by atoms with E-state index in [1.54, 1.807) is 0 Å². The van der Waals surface area contributed by atoms with Crippen LogP contribution in [0.25, 0.3) is 0 Å². The quantitative estimate of drug-likeness (QED) is 0.786. The Morgan fingerprint density at radius 3 is 2.72 bits per heavy atom. The molecule has 0 spiro atoms. The monoisotopic (exact) mass is 250 g/mol. The maximum atomic E-state index is 5.81. The molecule has 1 heterocycles. The van der Waals surface area contributed by atoms with Crippen LogP contribution >= 0.6 is 0 Å². The number of nitrogen functional groups attached to an aromatic ring is 1. The number of anilines is 1. The molecule has 2 rings (SSSR count). The molecule has 18 heavy (non-hydrogen) atoms. The maximum absolute atomic E-state index is 5.81. The van der Waals surface area contributed by atoms with Crippen LogP contribution in [-0.2, 0) is 0 Å². The highest BCUT2D eigenvalue weighted by Crippen LogP contribution is 2.26. The van der Waals surface area contributed by atoms with E-state index >= 15 is 0 Å². The molecule has 1 aliphatic heterocycles. The third-order valence-electron chi connectivity index (χ3n) is 3.16. The van der Waals surface area contributed by atoms with E-state index in [1.807, 2.05) is 25.1 Å². The van der Waals surface area contributed by atoms with Gasteiger partial charge in [-0.2, -0.15) is 0 Å². The predicted octanol–water partition coefficient (Wildman–Crippen LogP) is 2.14. The highest BCUT2D eigenvalue weighted by Gasteiger charge is 2.11. The number of ether oxygens (including phenoxy) is 2. The van der Waals surface area contributed by atoms with Gasteiger partial charge in [0.1, 0.15) is 18.1 Å². The van der Waals surface area contributed by atoms with Crippen LogP contribution in [0.5, 0.6) is 11.5 Å². The van der Waals surface area contributed by atoms with Gasteiger partial charge in [0.05, 0.1) is 12.3 Å². The molecule has 1 aliphatic rings. The molecular weight excluding hydrogens is 228 g/mol. The standard InChI is InChI=1S/C14H22N2O2/c1-2-17-14-11-12(5-6-13(14)15)18-10-9-16-7-3-4-8-16/h5-6,11H,2-4,7-10,15H2,1H3. The first-order valence-electron chi connectivity index (χ1n) is 6.67. The molecule has 0 aliphatic carbocycles. The Morgan fingerprint density at radius 1 is 1.22 bits per heavy atom. The molecule has 0 unspecified atom stereocenters. The number of benzene rings is 1. The molecule has 2 N–H and O–H groups in total. The lowest BCUT2D eigenvalue weighted by Crippen LogP contribution is -2.25. The Morgan fingerprint density at radius 2 is 2.00 bits per heavy atom. The van der Waals surface area contributed by atoms with Crippen LogP contribution in [-0.4, -0.2) is 37.7 Å². The lowest BCUT2D eigenvalue weighted by molar-refractivity contribution is 0.236. The molecule has 4 nitrogen and oxygen atoms in total. The third kappa shape index (κ3) is 3.53. The van der Waals surface area contributed by atoms with Crippen molar-refractivity contribution >= 4 is 5.69 Å². The summed E-state index contributed by atoms with van der Waals surface area (Å²) in [7, 11) is 0. The Kier molecular flexibility index (Phi) is 4.70. The van der Waals surface area contributed by atoms with Gasteiger partial charge >= 0.3 is 0 Å². The van der Waals surface area contributed by atoms with E-state index in [4.69, 9.17) is 15.2 Å². The predicted molar refractivity (Wildman–Crippen MR) is 73.2 cm³/mol. The van der Waals surface area contributed by atoms with Crippen molar-refractivity contribution in [3.8, 4) is 11.5 Å². The molecule has 0 amide bonds. The van der Waals surface area contributed by atoms with Crippen molar-refractivity contribution in [2.45, 2.75) is 19.8 Å². The Bertz CT molecular complexity index is 376. The van der Waals surface area contributed by atoms with Crippen LogP contribution in [0.1, 0.15) is 19.8 Å². The van der Waals surface area contributed by atoms with Crippen LogP contribution in [0.15, 0.2) is 18.2 Å². The van der Waals surface area contributed by atoms with Crippen LogP contribution in [0, 0.1) is 0 Å². The van der Waals surface area contributed by atoms with Gasteiger partial charge in [-0.05, 0) is 45.0 Å². The Hall–Kier alpha value is -1.42. The maximum Gasteiger partial charge on any atom is 0.145 e. The minimum absolute atomic E-state index is 0.613. The lowest BCUT2D eigenvalue weighted by atomic mass is 10.3. The lowest BCUT2D eigenvalue weighted by Gasteiger charge is -2.15. The van der Waals surface area contributed by atoms with Crippen molar-refractivity contribution in [2.24, 2.45) is 0 Å². The Balaban J connectivity index is 1.82. The second kappa shape index (κ2) is 6.50. The molecule has 0 saturated carbocycles. The summed E-state index contributed by atoms with van der Waals surface area (Å²) < 4.78 is 11.2. The topological polar surface area (TPSA) is 47.7 Å². The zero-order valence-corrected chi connectivity index (χ0v) is 11.0. The average Bonchev–Trinajstić information content (AvgIpc) is 2.87. The minimum Gasteiger partial charge on any atom is -0.492 e. The normalized spacial score (nSPS) is 15.8. The first-order valence-corrected chi connectivity index (χ1v) is 6.67. The molecule has 4 heteroatoms. The van der Waals surface area contributed by atoms with Crippen LogP contribution in [0.2, 0.25) is 0 Å². The molecule has 0 radical (unpaired) electrons. The van der Waals surface area contributed by atoms with E-state index in [0.29, 0.717) is 18.0 Å². The van der Waals surface area contributed by atoms with Crippen molar-refractivity contribution in [1.29, 1.82) is 0 Å². The van der Waals surface area contributed by atoms with E-state index in [2.05, 4.69) is 4.90 Å². The van der Waals surface area contributed by atoms with E-state index in [0.717, 1.165) is 18.9 Å². The molecule has 1 aromatic carbocycles. The van der Waals surface area contributed by atoms with Crippen LogP contribution in [0.3, 0.4) is 0 Å². The van der Waals surface area contributed by atoms with Gasteiger partial charge in [0.2, 0.25) is 0 Å². The number of rotatable bonds is 6. The smallest absolute Gasteiger partial charge is 0.145 e. The number of hydrogen-bond donors (Lipinski definition) is 1. The van der Waals surface area contributed by atoms with Gasteiger partial charge in [-0.25, -0.2) is 0 Å². The zero-order chi connectivity index (χ0) is 12.8. The van der Waals surface area contributed by atoms with Gasteiger partial charge in [0, 0.05) is 12.6 Å². The fourth-order valence-corrected chi connectivity index (χ4v) is 2.18. The summed E-state index contributed by atoms with van der Waals surface area (Å²) in [5.41, 5.74) is 6.47. The second-order valence-electron chi connectivity index (χ2n) is 4.53. The van der Waals surface area contributed by atoms with Gasteiger partial charge in [-0.3, -0.25) is 4.90 Å². The molecule has 0 bridgehead atoms. The van der Waals surface area contributed by atoms with E-state index in [1.165, 1.54) is 25.9 Å². The molecule has 0 atom stereocenters. The van der Waals surface area contributed by atoms with E-state index in [-0.39, 0.29) is 0 Å². The number of hydrogen-bond acceptors (Lipinski definition) is 4. The van der Waals surface area contributed by atoms with E-state index in [9.17, 15) is 0 Å². The van der Waals surface area contributed by atoms with Crippen molar-refractivity contribution in [3.05, 3.63) is 18.2 Å². The van der Waals surface area contributed by atoms with Crippen molar-refractivity contribution < 1.29 is 9.47 Å². The summed E-state index contributed by atoms with van der Waals surface area (Å²) >= 11 is 0. The number of nitrogens with zero attached hydrogens (tertiary/aromatic N) is 1. The third-order valence-corrected chi connectivity index (χ3v) is 3.16. The second-order valence-corrected chi connectivity index (χ2v) is 4.53. The molecule has 0 aromatic heterocycles. The van der Waals surface area contributed by atoms with E-state index < -0.39 is 0 Å². The molecule has 1 fully saturated rings. The highest BCUT2D eigenvalue weighted by atomic mass is 16.5. The number of nitrogens with two attached hydrogens (primary N) is 1. The fourth-order valence-electron chi connectivity index (χ4n) is 2.18. The van der Waals surface area contributed by atoms with Crippen molar-refractivity contribution in [2.75, 3.05) is 38.6 Å². The summed E-state index contributed by atoms with van der Waals surface area (Å²) in [6.45, 7) is 6.68. The SMILES string of the molecule is CCOc1cc(OCCN2CCCC2)ccc1N. The van der Waals surface area contributed by atoms with Crippen LogP contribution < -0.4 is 15.2 Å². The first-order chi connectivity index (χ1) is 8.79. The molecular formula is C14H22N2O2. The van der Waals surface area contributed by atoms with Gasteiger partial charge in [0.15, 0.2) is 0 Å². The molecule has 1 saturated heterocycles. The number of likely N-dealkylation sites (tertiary alicyclic amines) is 1. The van der Waals surface area contributed by atoms with Gasteiger partial charge in [-0.1, -0.05) is 0 Å². The molecule has 1 aromatic rings. The van der Waals surface area contributed by atoms with Gasteiger partial charge < -0.3 is 15.2 Å². The Labute approximate surface area is 109 Å². The summed E-state index contributed by atoms with van der Waals surface area (Å²) in [5.74, 6) is 1.53.